The van der Waals surface area contributed by atoms with Crippen molar-refractivity contribution in [3.05, 3.63) is 58.9 Å². The number of nitrogens with zero attached hydrogens (tertiary/aromatic N) is 3. The Hall–Kier alpha value is -2.27. The van der Waals surface area contributed by atoms with Crippen molar-refractivity contribution < 1.29 is 9.59 Å². The molecule has 0 aliphatic carbocycles. The van der Waals surface area contributed by atoms with Crippen LogP contribution in [0.4, 0.5) is 0 Å². The SMILES string of the molecule is O=C(CCC(=O)N1CCn2cccc2[C@H]1c1ccccc1Cl)N1CCCC1. The number of hydrogen-bond donors (Lipinski definition) is 0. The summed E-state index contributed by atoms with van der Waals surface area (Å²) in [5.41, 5.74) is 1.99. The average Bonchev–Trinajstić information content (AvgIpc) is 3.37. The highest BCUT2D eigenvalue weighted by Crippen LogP contribution is 2.36. The molecular formula is C21H24ClN3O2. The zero-order valence-electron chi connectivity index (χ0n) is 15.3. The number of hydrogen-bond acceptors (Lipinski definition) is 2. The van der Waals surface area contributed by atoms with Crippen molar-refractivity contribution in [1.82, 2.24) is 14.4 Å². The molecule has 0 spiro atoms. The molecule has 6 heteroatoms. The number of benzene rings is 1. The van der Waals surface area contributed by atoms with Crippen molar-refractivity contribution in [3.63, 3.8) is 0 Å². The third-order valence-corrected chi connectivity index (χ3v) is 5.91. The zero-order valence-corrected chi connectivity index (χ0v) is 16.1. The lowest BCUT2D eigenvalue weighted by Crippen LogP contribution is -2.42. The molecule has 1 aromatic carbocycles. The van der Waals surface area contributed by atoms with Crippen molar-refractivity contribution in [3.8, 4) is 0 Å². The quantitative estimate of drug-likeness (QED) is 0.808. The first-order valence-corrected chi connectivity index (χ1v) is 9.99. The molecule has 142 valence electrons. The highest BCUT2D eigenvalue weighted by Gasteiger charge is 2.33. The Bertz CT molecular complexity index is 841. The summed E-state index contributed by atoms with van der Waals surface area (Å²) in [4.78, 5) is 29.1. The smallest absolute Gasteiger partial charge is 0.223 e. The van der Waals surface area contributed by atoms with Gasteiger partial charge in [-0.3, -0.25) is 9.59 Å². The fraction of sp³-hybridized carbons (Fsp3) is 0.429. The lowest BCUT2D eigenvalue weighted by Gasteiger charge is -2.38. The number of fused-ring (bicyclic) bond motifs is 1. The second kappa shape index (κ2) is 7.77. The van der Waals surface area contributed by atoms with Gasteiger partial charge in [0.05, 0.1) is 6.04 Å². The minimum atomic E-state index is -0.211. The largest absolute Gasteiger partial charge is 0.348 e. The Balaban J connectivity index is 1.54. The average molecular weight is 386 g/mol. The van der Waals surface area contributed by atoms with Crippen molar-refractivity contribution in [1.29, 1.82) is 0 Å². The van der Waals surface area contributed by atoms with E-state index in [0.29, 0.717) is 11.6 Å². The van der Waals surface area contributed by atoms with E-state index in [0.717, 1.165) is 43.7 Å². The maximum atomic E-state index is 13.0. The first kappa shape index (κ1) is 18.1. The van der Waals surface area contributed by atoms with Crippen LogP contribution in [0.15, 0.2) is 42.6 Å². The van der Waals surface area contributed by atoms with E-state index in [1.54, 1.807) is 0 Å². The fourth-order valence-electron chi connectivity index (χ4n) is 4.16. The van der Waals surface area contributed by atoms with Gasteiger partial charge in [0.2, 0.25) is 11.8 Å². The molecule has 27 heavy (non-hydrogen) atoms. The predicted molar refractivity (Wildman–Crippen MR) is 104 cm³/mol. The molecule has 2 aliphatic heterocycles. The molecule has 2 aliphatic rings. The molecule has 1 fully saturated rings. The Labute approximate surface area is 164 Å². The van der Waals surface area contributed by atoms with Crippen LogP contribution in [0.25, 0.3) is 0 Å². The maximum Gasteiger partial charge on any atom is 0.223 e. The van der Waals surface area contributed by atoms with Gasteiger partial charge in [-0.05, 0) is 36.6 Å². The zero-order chi connectivity index (χ0) is 18.8. The van der Waals surface area contributed by atoms with Crippen LogP contribution < -0.4 is 0 Å². The summed E-state index contributed by atoms with van der Waals surface area (Å²) in [5, 5.41) is 0.656. The number of halogens is 1. The van der Waals surface area contributed by atoms with Gasteiger partial charge < -0.3 is 14.4 Å². The highest BCUT2D eigenvalue weighted by atomic mass is 35.5. The number of aromatic nitrogens is 1. The van der Waals surface area contributed by atoms with Gasteiger partial charge in [0.1, 0.15) is 0 Å². The van der Waals surface area contributed by atoms with Crippen LogP contribution in [0, 0.1) is 0 Å². The summed E-state index contributed by atoms with van der Waals surface area (Å²) in [6.45, 7) is 3.03. The van der Waals surface area contributed by atoms with Gasteiger partial charge >= 0.3 is 0 Å². The number of carbonyl (C=O) groups is 2. The van der Waals surface area contributed by atoms with Gasteiger partial charge in [0.25, 0.3) is 0 Å². The summed E-state index contributed by atoms with van der Waals surface area (Å²) in [6, 6.07) is 11.5. The fourth-order valence-corrected chi connectivity index (χ4v) is 4.40. The van der Waals surface area contributed by atoms with E-state index in [-0.39, 0.29) is 30.7 Å². The molecule has 3 heterocycles. The van der Waals surface area contributed by atoms with Crippen molar-refractivity contribution in [2.75, 3.05) is 19.6 Å². The molecule has 1 saturated heterocycles. The minimum Gasteiger partial charge on any atom is -0.348 e. The standard InChI is InChI=1S/C21H24ClN3O2/c22-17-7-2-1-6-16(17)21-18-8-5-13-23(18)14-15-25(21)20(27)10-9-19(26)24-11-3-4-12-24/h1-2,5-8,13,21H,3-4,9-12,14-15H2/t21-/m1/s1. The van der Waals surface area contributed by atoms with Crippen molar-refractivity contribution in [2.24, 2.45) is 0 Å². The summed E-state index contributed by atoms with van der Waals surface area (Å²) in [6.07, 6.45) is 4.70. The van der Waals surface area contributed by atoms with E-state index < -0.39 is 0 Å². The van der Waals surface area contributed by atoms with Gasteiger partial charge in [-0.25, -0.2) is 0 Å². The third-order valence-electron chi connectivity index (χ3n) is 5.57. The van der Waals surface area contributed by atoms with Gasteiger partial charge in [-0.2, -0.15) is 0 Å². The van der Waals surface area contributed by atoms with Crippen LogP contribution in [0.5, 0.6) is 0 Å². The minimum absolute atomic E-state index is 0.0138. The molecule has 2 amide bonds. The van der Waals surface area contributed by atoms with Crippen LogP contribution in [-0.4, -0.2) is 45.8 Å². The normalized spacial score (nSPS) is 19.2. The molecule has 1 atom stereocenters. The summed E-state index contributed by atoms with van der Waals surface area (Å²) in [7, 11) is 0. The Morgan fingerprint density at radius 2 is 1.67 bits per heavy atom. The molecule has 0 radical (unpaired) electrons. The lowest BCUT2D eigenvalue weighted by atomic mass is 9.99. The maximum absolute atomic E-state index is 13.0. The van der Waals surface area contributed by atoms with E-state index in [1.165, 1.54) is 0 Å². The number of rotatable bonds is 4. The number of likely N-dealkylation sites (tertiary alicyclic amines) is 1. The molecule has 1 aromatic heterocycles. The Morgan fingerprint density at radius 1 is 0.926 bits per heavy atom. The second-order valence-corrected chi connectivity index (χ2v) is 7.63. The van der Waals surface area contributed by atoms with E-state index in [2.05, 4.69) is 4.57 Å². The van der Waals surface area contributed by atoms with E-state index in [4.69, 9.17) is 11.6 Å². The monoisotopic (exact) mass is 385 g/mol. The van der Waals surface area contributed by atoms with Crippen LogP contribution in [-0.2, 0) is 16.1 Å². The predicted octanol–water partition coefficient (Wildman–Crippen LogP) is 3.48. The van der Waals surface area contributed by atoms with Crippen LogP contribution in [0.3, 0.4) is 0 Å². The molecule has 0 unspecified atom stereocenters. The van der Waals surface area contributed by atoms with Gasteiger partial charge in [-0.15, -0.1) is 0 Å². The molecular weight excluding hydrogens is 362 g/mol. The number of amides is 2. The van der Waals surface area contributed by atoms with Crippen molar-refractivity contribution >= 4 is 23.4 Å². The topological polar surface area (TPSA) is 45.6 Å². The lowest BCUT2D eigenvalue weighted by molar-refractivity contribution is -0.138. The second-order valence-electron chi connectivity index (χ2n) is 7.23. The van der Waals surface area contributed by atoms with Crippen molar-refractivity contribution in [2.45, 2.75) is 38.3 Å². The van der Waals surface area contributed by atoms with Gasteiger partial charge in [0.15, 0.2) is 0 Å². The summed E-state index contributed by atoms with van der Waals surface area (Å²) in [5.74, 6) is 0.107. The third kappa shape index (κ3) is 3.61. The van der Waals surface area contributed by atoms with E-state index in [1.807, 2.05) is 52.4 Å². The van der Waals surface area contributed by atoms with Gasteiger partial charge in [-0.1, -0.05) is 29.8 Å². The Kier molecular flexibility index (Phi) is 5.21. The highest BCUT2D eigenvalue weighted by molar-refractivity contribution is 6.31. The van der Waals surface area contributed by atoms with Crippen LogP contribution in [0.1, 0.15) is 43.0 Å². The van der Waals surface area contributed by atoms with Crippen LogP contribution >= 0.6 is 11.6 Å². The van der Waals surface area contributed by atoms with E-state index in [9.17, 15) is 9.59 Å². The molecule has 0 saturated carbocycles. The molecule has 5 nitrogen and oxygen atoms in total. The molecule has 0 N–H and O–H groups in total. The summed E-state index contributed by atoms with van der Waals surface area (Å²) >= 11 is 6.47. The molecule has 2 aromatic rings. The van der Waals surface area contributed by atoms with E-state index >= 15 is 0 Å². The first-order valence-electron chi connectivity index (χ1n) is 9.62. The Morgan fingerprint density at radius 3 is 2.44 bits per heavy atom. The number of carbonyl (C=O) groups excluding carboxylic acids is 2. The van der Waals surface area contributed by atoms with Gasteiger partial charge in [0, 0.05) is 55.9 Å². The van der Waals surface area contributed by atoms with Crippen LogP contribution in [0.2, 0.25) is 5.02 Å². The molecule has 0 bridgehead atoms. The summed E-state index contributed by atoms with van der Waals surface area (Å²) < 4.78 is 2.17. The molecule has 4 rings (SSSR count). The first-order chi connectivity index (χ1) is 13.1.